The van der Waals surface area contributed by atoms with Crippen molar-refractivity contribution < 1.29 is 23.1 Å². The molecule has 0 aromatic rings. The van der Waals surface area contributed by atoms with Crippen molar-refractivity contribution in [3.05, 3.63) is 0 Å². The molecule has 0 aliphatic rings. The van der Waals surface area contributed by atoms with Crippen LogP contribution in [0.15, 0.2) is 0 Å². The van der Waals surface area contributed by atoms with Crippen LogP contribution in [0.5, 0.6) is 0 Å². The maximum Gasteiger partial charge on any atom is 0.329 e. The fraction of sp³-hybridized carbons (Fsp3) is 0.900. The third kappa shape index (κ3) is 11.6. The lowest BCUT2D eigenvalue weighted by Crippen LogP contribution is -2.31. The van der Waals surface area contributed by atoms with E-state index in [4.69, 9.17) is 9.84 Å². The zero-order valence-electron chi connectivity index (χ0n) is 10.5. The molecule has 0 rings (SSSR count). The predicted molar refractivity (Wildman–Crippen MR) is 64.3 cm³/mol. The molecule has 2 N–H and O–H groups in total. The van der Waals surface area contributed by atoms with Crippen molar-refractivity contribution in [3.63, 3.8) is 0 Å². The molecule has 0 aromatic heterocycles. The number of ether oxygens (including phenoxy) is 1. The molecule has 0 saturated heterocycles. The fourth-order valence-electron chi connectivity index (χ4n) is 0.942. The van der Waals surface area contributed by atoms with Crippen LogP contribution in [-0.4, -0.2) is 45.0 Å². The number of sulfonamides is 1. The molecule has 0 amide bonds. The van der Waals surface area contributed by atoms with E-state index in [0.29, 0.717) is 6.42 Å². The maximum absolute atomic E-state index is 11.5. The number of carboxylic acid groups (broad SMARTS) is 1. The Kier molecular flexibility index (Phi) is 6.66. The van der Waals surface area contributed by atoms with Gasteiger partial charge in [-0.3, -0.25) is 0 Å². The molecule has 0 bridgehead atoms. The van der Waals surface area contributed by atoms with Crippen LogP contribution >= 0.6 is 0 Å². The van der Waals surface area contributed by atoms with Gasteiger partial charge in [0.15, 0.2) is 0 Å². The summed E-state index contributed by atoms with van der Waals surface area (Å²) in [6, 6.07) is 0. The molecule has 6 nitrogen and oxygen atoms in total. The molecule has 17 heavy (non-hydrogen) atoms. The summed E-state index contributed by atoms with van der Waals surface area (Å²) in [7, 11) is -3.29. The van der Waals surface area contributed by atoms with Gasteiger partial charge < -0.3 is 9.84 Å². The summed E-state index contributed by atoms with van der Waals surface area (Å²) in [5, 5.41) is 8.28. The molecular weight excluding hydrogens is 246 g/mol. The van der Waals surface area contributed by atoms with Crippen LogP contribution in [0.1, 0.15) is 27.2 Å². The van der Waals surface area contributed by atoms with Crippen LogP contribution in [0.3, 0.4) is 0 Å². The topological polar surface area (TPSA) is 92.7 Å². The minimum absolute atomic E-state index is 0.0332. The Balaban J connectivity index is 3.76. The Labute approximate surface area is 102 Å². The largest absolute Gasteiger partial charge is 0.480 e. The Bertz CT molecular complexity index is 331. The zero-order valence-corrected chi connectivity index (χ0v) is 11.3. The fourth-order valence-corrected chi connectivity index (χ4v) is 2.36. The number of carboxylic acids is 1. The summed E-state index contributed by atoms with van der Waals surface area (Å²) in [5.41, 5.74) is -0.0332. The zero-order chi connectivity index (χ0) is 13.5. The number of carbonyl (C=O) groups is 1. The van der Waals surface area contributed by atoms with Gasteiger partial charge in [-0.25, -0.2) is 17.9 Å². The molecule has 0 spiro atoms. The second-order valence-electron chi connectivity index (χ2n) is 4.97. The minimum atomic E-state index is -3.29. The molecule has 0 atom stereocenters. The van der Waals surface area contributed by atoms with Crippen molar-refractivity contribution in [1.29, 1.82) is 0 Å². The second kappa shape index (κ2) is 6.93. The Morgan fingerprint density at radius 3 is 2.41 bits per heavy atom. The summed E-state index contributed by atoms with van der Waals surface area (Å²) in [6.45, 7) is 5.65. The maximum atomic E-state index is 11.5. The van der Waals surface area contributed by atoms with Crippen molar-refractivity contribution in [3.8, 4) is 0 Å². The predicted octanol–water partition coefficient (Wildman–Crippen LogP) is 0.443. The van der Waals surface area contributed by atoms with Gasteiger partial charge in [0.2, 0.25) is 10.0 Å². The molecule has 0 saturated carbocycles. The normalized spacial score (nSPS) is 12.6. The highest BCUT2D eigenvalue weighted by Crippen LogP contribution is 2.18. The van der Waals surface area contributed by atoms with Gasteiger partial charge in [-0.2, -0.15) is 0 Å². The highest BCUT2D eigenvalue weighted by molar-refractivity contribution is 7.89. The lowest BCUT2D eigenvalue weighted by Gasteiger charge is -2.17. The Morgan fingerprint density at radius 2 is 1.94 bits per heavy atom. The average molecular weight is 267 g/mol. The van der Waals surface area contributed by atoms with E-state index in [1.54, 1.807) is 0 Å². The van der Waals surface area contributed by atoms with Crippen LogP contribution in [-0.2, 0) is 19.6 Å². The summed E-state index contributed by atoms with van der Waals surface area (Å²) in [5.74, 6) is -1.00. The third-order valence-electron chi connectivity index (χ3n) is 1.91. The Morgan fingerprint density at radius 1 is 1.35 bits per heavy atom. The molecule has 7 heteroatoms. The minimum Gasteiger partial charge on any atom is -0.480 e. The van der Waals surface area contributed by atoms with Gasteiger partial charge in [0.05, 0.1) is 12.4 Å². The number of rotatable bonds is 8. The van der Waals surface area contributed by atoms with E-state index in [1.165, 1.54) is 0 Å². The first kappa shape index (κ1) is 16.3. The third-order valence-corrected chi connectivity index (χ3v) is 3.30. The first-order chi connectivity index (χ1) is 7.62. The van der Waals surface area contributed by atoms with E-state index in [2.05, 4.69) is 4.72 Å². The van der Waals surface area contributed by atoms with Gasteiger partial charge in [-0.1, -0.05) is 20.8 Å². The van der Waals surface area contributed by atoms with E-state index < -0.39 is 22.6 Å². The lowest BCUT2D eigenvalue weighted by atomic mass is 9.94. The Hall–Kier alpha value is -0.660. The quantitative estimate of drug-likeness (QED) is 0.623. The highest BCUT2D eigenvalue weighted by atomic mass is 32.2. The molecular formula is C10H21NO5S. The summed E-state index contributed by atoms with van der Waals surface area (Å²) in [4.78, 5) is 10.1. The van der Waals surface area contributed by atoms with E-state index >= 15 is 0 Å². The van der Waals surface area contributed by atoms with Crippen molar-refractivity contribution in [2.45, 2.75) is 27.2 Å². The van der Waals surface area contributed by atoms with E-state index in [9.17, 15) is 13.2 Å². The van der Waals surface area contributed by atoms with Gasteiger partial charge in [0.25, 0.3) is 0 Å². The highest BCUT2D eigenvalue weighted by Gasteiger charge is 2.16. The van der Waals surface area contributed by atoms with E-state index in [-0.39, 0.29) is 24.3 Å². The lowest BCUT2D eigenvalue weighted by molar-refractivity contribution is -0.142. The van der Waals surface area contributed by atoms with Gasteiger partial charge in [0.1, 0.15) is 6.61 Å². The van der Waals surface area contributed by atoms with Gasteiger partial charge in [-0.05, 0) is 11.8 Å². The van der Waals surface area contributed by atoms with Crippen molar-refractivity contribution >= 4 is 16.0 Å². The van der Waals surface area contributed by atoms with Crippen molar-refractivity contribution in [1.82, 2.24) is 4.72 Å². The average Bonchev–Trinajstić information content (AvgIpc) is 2.13. The summed E-state index contributed by atoms with van der Waals surface area (Å²) in [6.07, 6.45) is 0.568. The number of nitrogens with one attached hydrogen (secondary N) is 1. The van der Waals surface area contributed by atoms with Crippen LogP contribution in [0.25, 0.3) is 0 Å². The van der Waals surface area contributed by atoms with Gasteiger partial charge >= 0.3 is 5.97 Å². The molecule has 0 aromatic carbocycles. The van der Waals surface area contributed by atoms with Crippen molar-refractivity contribution in [2.24, 2.45) is 5.41 Å². The molecule has 0 unspecified atom stereocenters. The van der Waals surface area contributed by atoms with Crippen molar-refractivity contribution in [2.75, 3.05) is 25.5 Å². The molecule has 0 heterocycles. The van der Waals surface area contributed by atoms with Crippen LogP contribution < -0.4 is 4.72 Å². The SMILES string of the molecule is CC(C)(C)CCS(=O)(=O)NCCOCC(=O)O. The summed E-state index contributed by atoms with van der Waals surface area (Å²) < 4.78 is 30.1. The monoisotopic (exact) mass is 267 g/mol. The molecule has 0 aliphatic carbocycles. The van der Waals surface area contributed by atoms with Gasteiger partial charge in [0, 0.05) is 6.54 Å². The number of hydrogen-bond acceptors (Lipinski definition) is 4. The van der Waals surface area contributed by atoms with Gasteiger partial charge in [-0.15, -0.1) is 0 Å². The smallest absolute Gasteiger partial charge is 0.329 e. The number of aliphatic carboxylic acids is 1. The summed E-state index contributed by atoms with van der Waals surface area (Å²) >= 11 is 0. The first-order valence-corrected chi connectivity index (χ1v) is 7.04. The first-order valence-electron chi connectivity index (χ1n) is 5.39. The number of hydrogen-bond donors (Lipinski definition) is 2. The molecule has 102 valence electrons. The van der Waals surface area contributed by atoms with Crippen LogP contribution in [0.4, 0.5) is 0 Å². The molecule has 0 radical (unpaired) electrons. The van der Waals surface area contributed by atoms with E-state index in [0.717, 1.165) is 0 Å². The van der Waals surface area contributed by atoms with Crippen LogP contribution in [0.2, 0.25) is 0 Å². The molecule has 0 fully saturated rings. The molecule has 0 aliphatic heterocycles. The van der Waals surface area contributed by atoms with Crippen LogP contribution in [0, 0.1) is 5.41 Å². The second-order valence-corrected chi connectivity index (χ2v) is 6.90. The standard InChI is InChI=1S/C10H21NO5S/c1-10(2,3)4-7-17(14,15)11-5-6-16-8-9(12)13/h11H,4-8H2,1-3H3,(H,12,13). The van der Waals surface area contributed by atoms with E-state index in [1.807, 2.05) is 20.8 Å².